The number of carbonyl (C=O) groups excluding carboxylic acids is 1. The van der Waals surface area contributed by atoms with Gasteiger partial charge in [-0.25, -0.2) is 5.06 Å². The number of likely N-dealkylation sites (N-methyl/N-ethyl adjacent to an activating group) is 1. The maximum absolute atomic E-state index is 10.7. The van der Waals surface area contributed by atoms with Gasteiger partial charge in [-0.1, -0.05) is 0 Å². The van der Waals surface area contributed by atoms with Gasteiger partial charge in [0.1, 0.15) is 0 Å². The summed E-state index contributed by atoms with van der Waals surface area (Å²) in [7, 11) is 2.94. The Morgan fingerprint density at radius 1 is 1.78 bits per heavy atom. The van der Waals surface area contributed by atoms with Crippen LogP contribution in [0.2, 0.25) is 0 Å². The first-order chi connectivity index (χ1) is 4.09. The minimum absolute atomic E-state index is 0.225. The highest BCUT2D eigenvalue weighted by molar-refractivity contribution is 5.79. The predicted molar refractivity (Wildman–Crippen MR) is 33.4 cm³/mol. The van der Waals surface area contributed by atoms with E-state index in [4.69, 9.17) is 5.73 Å². The molecule has 0 unspecified atom stereocenters. The molecule has 54 valence electrons. The van der Waals surface area contributed by atoms with Crippen LogP contribution >= 0.6 is 0 Å². The van der Waals surface area contributed by atoms with Crippen molar-refractivity contribution >= 4 is 5.91 Å². The number of nitrogens with zero attached hydrogens (tertiary/aromatic N) is 1. The van der Waals surface area contributed by atoms with Gasteiger partial charge >= 0.3 is 0 Å². The fraction of sp³-hybridized carbons (Fsp3) is 0.800. The highest BCUT2D eigenvalue weighted by atomic mass is 16.7. The van der Waals surface area contributed by atoms with Crippen molar-refractivity contribution in [1.82, 2.24) is 5.06 Å². The Kier molecular flexibility index (Phi) is 3.19. The SMILES string of the molecule is CON(C)C(=O)[C@@H](C)N. The van der Waals surface area contributed by atoms with Crippen LogP contribution in [0.1, 0.15) is 6.92 Å². The first kappa shape index (κ1) is 8.39. The maximum Gasteiger partial charge on any atom is 0.262 e. The van der Waals surface area contributed by atoms with Crippen molar-refractivity contribution in [2.75, 3.05) is 14.2 Å². The highest BCUT2D eigenvalue weighted by Gasteiger charge is 2.11. The molecule has 0 bridgehead atoms. The van der Waals surface area contributed by atoms with Crippen molar-refractivity contribution in [2.45, 2.75) is 13.0 Å². The van der Waals surface area contributed by atoms with Crippen molar-refractivity contribution in [2.24, 2.45) is 5.73 Å². The minimum Gasteiger partial charge on any atom is -0.320 e. The molecular formula is C5H12N2O2. The number of hydrogen-bond acceptors (Lipinski definition) is 3. The van der Waals surface area contributed by atoms with Crippen LogP contribution in [-0.2, 0) is 9.63 Å². The zero-order valence-electron chi connectivity index (χ0n) is 5.92. The largest absolute Gasteiger partial charge is 0.320 e. The number of hydroxylamine groups is 2. The summed E-state index contributed by atoms with van der Waals surface area (Å²) in [6.45, 7) is 1.61. The van der Waals surface area contributed by atoms with Crippen LogP contribution in [0.5, 0.6) is 0 Å². The van der Waals surface area contributed by atoms with Crippen LogP contribution in [0, 0.1) is 0 Å². The number of carbonyl (C=O) groups is 1. The summed E-state index contributed by atoms with van der Waals surface area (Å²) in [4.78, 5) is 15.3. The third-order valence-electron chi connectivity index (χ3n) is 0.974. The molecule has 0 aliphatic rings. The maximum atomic E-state index is 10.7. The van der Waals surface area contributed by atoms with E-state index in [1.165, 1.54) is 14.2 Å². The van der Waals surface area contributed by atoms with Gasteiger partial charge in [-0.3, -0.25) is 9.63 Å². The second-order valence-electron chi connectivity index (χ2n) is 1.81. The molecule has 0 radical (unpaired) electrons. The monoisotopic (exact) mass is 132 g/mol. The molecule has 1 atom stereocenters. The van der Waals surface area contributed by atoms with E-state index >= 15 is 0 Å². The molecule has 1 amide bonds. The van der Waals surface area contributed by atoms with Crippen molar-refractivity contribution < 1.29 is 9.63 Å². The topological polar surface area (TPSA) is 55.6 Å². The lowest BCUT2D eigenvalue weighted by atomic mass is 10.3. The summed E-state index contributed by atoms with van der Waals surface area (Å²) < 4.78 is 0. The minimum atomic E-state index is -0.491. The second-order valence-corrected chi connectivity index (χ2v) is 1.81. The van der Waals surface area contributed by atoms with Crippen molar-refractivity contribution in [3.05, 3.63) is 0 Å². The highest BCUT2D eigenvalue weighted by Crippen LogP contribution is 1.86. The Labute approximate surface area is 54.5 Å². The van der Waals surface area contributed by atoms with E-state index in [-0.39, 0.29) is 5.91 Å². The third-order valence-corrected chi connectivity index (χ3v) is 0.974. The summed E-state index contributed by atoms with van der Waals surface area (Å²) >= 11 is 0. The lowest BCUT2D eigenvalue weighted by molar-refractivity contribution is -0.169. The number of rotatable bonds is 2. The van der Waals surface area contributed by atoms with Gasteiger partial charge in [-0.15, -0.1) is 0 Å². The van der Waals surface area contributed by atoms with Gasteiger partial charge in [0.2, 0.25) is 0 Å². The Morgan fingerprint density at radius 2 is 2.22 bits per heavy atom. The van der Waals surface area contributed by atoms with E-state index in [1.54, 1.807) is 6.92 Å². The molecule has 9 heavy (non-hydrogen) atoms. The first-order valence-corrected chi connectivity index (χ1v) is 2.67. The van der Waals surface area contributed by atoms with Crippen LogP contribution in [0.25, 0.3) is 0 Å². The smallest absolute Gasteiger partial charge is 0.262 e. The molecule has 0 aliphatic carbocycles. The fourth-order valence-corrected chi connectivity index (χ4v) is 0.377. The average molecular weight is 132 g/mol. The Hall–Kier alpha value is -0.610. The van der Waals surface area contributed by atoms with E-state index in [1.807, 2.05) is 0 Å². The average Bonchev–Trinajstić information content (AvgIpc) is 1.84. The van der Waals surface area contributed by atoms with Gasteiger partial charge in [0.15, 0.2) is 0 Å². The molecule has 4 heteroatoms. The molecule has 0 saturated carbocycles. The van der Waals surface area contributed by atoms with Gasteiger partial charge in [-0.05, 0) is 6.92 Å². The second kappa shape index (κ2) is 3.42. The molecule has 0 aromatic carbocycles. The molecule has 4 nitrogen and oxygen atoms in total. The van der Waals surface area contributed by atoms with E-state index < -0.39 is 6.04 Å². The van der Waals surface area contributed by atoms with Crippen molar-refractivity contribution in [3.63, 3.8) is 0 Å². The summed E-state index contributed by atoms with van der Waals surface area (Å²) in [6.07, 6.45) is 0. The van der Waals surface area contributed by atoms with Gasteiger partial charge < -0.3 is 5.73 Å². The number of hydrogen-bond donors (Lipinski definition) is 1. The Morgan fingerprint density at radius 3 is 2.33 bits per heavy atom. The molecular weight excluding hydrogens is 120 g/mol. The standard InChI is InChI=1S/C5H12N2O2/c1-4(6)5(8)7(2)9-3/h4H,6H2,1-3H3/t4-/m1/s1. The van der Waals surface area contributed by atoms with E-state index in [0.29, 0.717) is 0 Å². The molecule has 0 aromatic rings. The van der Waals surface area contributed by atoms with E-state index in [9.17, 15) is 4.79 Å². The predicted octanol–water partition coefficient (Wildman–Crippen LogP) is -0.647. The summed E-state index contributed by atoms with van der Waals surface area (Å²) in [5.41, 5.74) is 5.24. The molecule has 0 saturated heterocycles. The first-order valence-electron chi connectivity index (χ1n) is 2.67. The Bertz CT molecular complexity index is 103. The van der Waals surface area contributed by atoms with Crippen molar-refractivity contribution in [3.8, 4) is 0 Å². The molecule has 0 aromatic heterocycles. The number of amides is 1. The number of nitrogens with two attached hydrogens (primary N) is 1. The van der Waals surface area contributed by atoms with E-state index in [2.05, 4.69) is 4.84 Å². The van der Waals surface area contributed by atoms with Crippen molar-refractivity contribution in [1.29, 1.82) is 0 Å². The van der Waals surface area contributed by atoms with Crippen LogP contribution in [0.3, 0.4) is 0 Å². The summed E-state index contributed by atoms with van der Waals surface area (Å²) in [5.74, 6) is -0.225. The molecule has 0 fully saturated rings. The quantitative estimate of drug-likeness (QED) is 0.508. The Balaban J connectivity index is 3.73. The van der Waals surface area contributed by atoms with E-state index in [0.717, 1.165) is 5.06 Å². The summed E-state index contributed by atoms with van der Waals surface area (Å²) in [6, 6.07) is -0.491. The van der Waals surface area contributed by atoms with Gasteiger partial charge in [0.05, 0.1) is 13.2 Å². The molecule has 2 N–H and O–H groups in total. The van der Waals surface area contributed by atoms with Crippen LogP contribution in [0.4, 0.5) is 0 Å². The van der Waals surface area contributed by atoms with Crippen LogP contribution < -0.4 is 5.73 Å². The molecule has 0 rings (SSSR count). The van der Waals surface area contributed by atoms with Gasteiger partial charge in [0.25, 0.3) is 5.91 Å². The van der Waals surface area contributed by atoms with Crippen LogP contribution in [-0.4, -0.2) is 31.2 Å². The lowest BCUT2D eigenvalue weighted by Gasteiger charge is -2.15. The third kappa shape index (κ3) is 2.43. The van der Waals surface area contributed by atoms with Crippen LogP contribution in [0.15, 0.2) is 0 Å². The molecule has 0 heterocycles. The summed E-state index contributed by atoms with van der Waals surface area (Å²) in [5, 5.41) is 1.10. The van der Waals surface area contributed by atoms with Gasteiger partial charge in [-0.2, -0.15) is 0 Å². The zero-order chi connectivity index (χ0) is 7.44. The lowest BCUT2D eigenvalue weighted by Crippen LogP contribution is -2.38. The molecule has 0 aliphatic heterocycles. The zero-order valence-corrected chi connectivity index (χ0v) is 5.92. The molecule has 0 spiro atoms. The fourth-order valence-electron chi connectivity index (χ4n) is 0.377. The normalized spacial score (nSPS) is 12.9. The van der Waals surface area contributed by atoms with Gasteiger partial charge in [0, 0.05) is 7.05 Å².